The van der Waals surface area contributed by atoms with Crippen LogP contribution in [0.5, 0.6) is 11.5 Å². The highest BCUT2D eigenvalue weighted by molar-refractivity contribution is 6.03. The highest BCUT2D eigenvalue weighted by Gasteiger charge is 2.35. The Kier molecular flexibility index (Phi) is 7.88. The Morgan fingerprint density at radius 1 is 0.952 bits per heavy atom. The third kappa shape index (κ3) is 6.07. The van der Waals surface area contributed by atoms with E-state index in [9.17, 15) is 18.0 Å². The second-order valence-electron chi connectivity index (χ2n) is 9.65. The molecule has 5 aromatic rings. The van der Waals surface area contributed by atoms with E-state index in [1.165, 1.54) is 12.3 Å². The van der Waals surface area contributed by atoms with Gasteiger partial charge < -0.3 is 14.8 Å². The lowest BCUT2D eigenvalue weighted by molar-refractivity contribution is -0.142. The molecule has 0 spiro atoms. The molecule has 9 nitrogen and oxygen atoms in total. The van der Waals surface area contributed by atoms with Crippen molar-refractivity contribution in [2.24, 2.45) is 0 Å². The highest BCUT2D eigenvalue weighted by Crippen LogP contribution is 2.33. The quantitative estimate of drug-likeness (QED) is 0.220. The van der Waals surface area contributed by atoms with Crippen LogP contribution >= 0.6 is 0 Å². The average molecular weight is 579 g/mol. The fourth-order valence-corrected chi connectivity index (χ4v) is 4.43. The number of nitrogens with one attached hydrogen (secondary N) is 1. The van der Waals surface area contributed by atoms with Gasteiger partial charge in [-0.05, 0) is 68.7 Å². The Morgan fingerprint density at radius 3 is 2.43 bits per heavy atom. The number of rotatable bonds is 9. The maximum Gasteiger partial charge on any atom is 0.433 e. The van der Waals surface area contributed by atoms with Gasteiger partial charge in [-0.1, -0.05) is 18.2 Å². The molecule has 218 valence electrons. The van der Waals surface area contributed by atoms with E-state index in [1.807, 2.05) is 52.0 Å². The number of carbonyl (C=O) groups is 1. The van der Waals surface area contributed by atoms with Crippen LogP contribution in [0.1, 0.15) is 46.7 Å². The lowest BCUT2D eigenvalue weighted by Gasteiger charge is -2.12. The second-order valence-corrected chi connectivity index (χ2v) is 9.65. The molecule has 5 rings (SSSR count). The van der Waals surface area contributed by atoms with Crippen molar-refractivity contribution in [3.63, 3.8) is 0 Å². The maximum atomic E-state index is 14.0. The molecule has 3 aromatic heterocycles. The third-order valence-electron chi connectivity index (χ3n) is 6.60. The minimum absolute atomic E-state index is 0.0977. The molecular formula is C30H29F3N6O3. The van der Waals surface area contributed by atoms with Crippen LogP contribution in [0.15, 0.2) is 60.9 Å². The molecule has 0 aliphatic heterocycles. The number of aromatic nitrogens is 5. The molecule has 0 atom stereocenters. The summed E-state index contributed by atoms with van der Waals surface area (Å²) in [6.07, 6.45) is -1.66. The smallest absolute Gasteiger partial charge is 0.433 e. The first-order chi connectivity index (χ1) is 20.0. The summed E-state index contributed by atoms with van der Waals surface area (Å²) in [4.78, 5) is 17.4. The molecule has 0 unspecified atom stereocenters. The molecule has 0 saturated carbocycles. The van der Waals surface area contributed by atoms with E-state index >= 15 is 0 Å². The lowest BCUT2D eigenvalue weighted by atomic mass is 10.0. The van der Waals surface area contributed by atoms with E-state index in [0.717, 1.165) is 22.8 Å². The van der Waals surface area contributed by atoms with Gasteiger partial charge in [-0.15, -0.1) is 0 Å². The van der Waals surface area contributed by atoms with Crippen LogP contribution < -0.4 is 14.8 Å². The normalized spacial score (nSPS) is 11.6. The van der Waals surface area contributed by atoms with Gasteiger partial charge in [-0.2, -0.15) is 23.4 Å². The molecule has 42 heavy (non-hydrogen) atoms. The van der Waals surface area contributed by atoms with Gasteiger partial charge in [0.1, 0.15) is 0 Å². The third-order valence-corrected chi connectivity index (χ3v) is 6.60. The van der Waals surface area contributed by atoms with Crippen LogP contribution in [-0.4, -0.2) is 43.5 Å². The van der Waals surface area contributed by atoms with E-state index in [4.69, 9.17) is 9.47 Å². The fraction of sp³-hybridized carbons (Fsp3) is 0.267. The van der Waals surface area contributed by atoms with Gasteiger partial charge >= 0.3 is 6.18 Å². The van der Waals surface area contributed by atoms with Gasteiger partial charge in [0.25, 0.3) is 5.91 Å². The summed E-state index contributed by atoms with van der Waals surface area (Å²) < 4.78 is 55.6. The first-order valence-electron chi connectivity index (χ1n) is 13.3. The lowest BCUT2D eigenvalue weighted by Crippen LogP contribution is -2.15. The van der Waals surface area contributed by atoms with Crippen LogP contribution in [0.25, 0.3) is 16.9 Å². The Bertz CT molecular complexity index is 1760. The minimum atomic E-state index is -4.72. The van der Waals surface area contributed by atoms with Gasteiger partial charge in [-0.3, -0.25) is 9.48 Å². The van der Waals surface area contributed by atoms with Gasteiger partial charge in [0.2, 0.25) is 0 Å². The molecule has 1 N–H and O–H groups in total. The monoisotopic (exact) mass is 578 g/mol. The number of amides is 1. The van der Waals surface area contributed by atoms with E-state index in [-0.39, 0.29) is 17.0 Å². The number of benzene rings is 2. The Labute approximate surface area is 239 Å². The number of anilines is 1. The van der Waals surface area contributed by atoms with Gasteiger partial charge in [-0.25, -0.2) is 9.50 Å². The van der Waals surface area contributed by atoms with Crippen LogP contribution in [0, 0.1) is 13.8 Å². The molecule has 0 fully saturated rings. The summed E-state index contributed by atoms with van der Waals surface area (Å²) in [7, 11) is 0. The fourth-order valence-electron chi connectivity index (χ4n) is 4.43. The number of carbonyl (C=O) groups excluding carboxylic acids is 1. The number of alkyl halides is 3. The van der Waals surface area contributed by atoms with Crippen LogP contribution in [-0.2, 0) is 12.7 Å². The van der Waals surface area contributed by atoms with Crippen molar-refractivity contribution in [2.75, 3.05) is 18.5 Å². The van der Waals surface area contributed by atoms with Gasteiger partial charge in [0, 0.05) is 17.8 Å². The Hall–Kier alpha value is -4.87. The van der Waals surface area contributed by atoms with Crippen molar-refractivity contribution in [2.45, 2.75) is 40.4 Å². The number of hydrogen-bond donors (Lipinski definition) is 1. The predicted molar refractivity (Wildman–Crippen MR) is 151 cm³/mol. The van der Waals surface area contributed by atoms with Crippen molar-refractivity contribution in [3.8, 4) is 22.8 Å². The zero-order valence-electron chi connectivity index (χ0n) is 23.5. The number of halogens is 3. The zero-order valence-corrected chi connectivity index (χ0v) is 23.5. The Balaban J connectivity index is 1.38. The van der Waals surface area contributed by atoms with Crippen molar-refractivity contribution >= 4 is 17.2 Å². The van der Waals surface area contributed by atoms with Crippen molar-refractivity contribution < 1.29 is 27.4 Å². The number of fused-ring (bicyclic) bond motifs is 1. The molecule has 3 heterocycles. The maximum absolute atomic E-state index is 14.0. The molecular weight excluding hydrogens is 549 g/mol. The number of aryl methyl sites for hydroxylation is 2. The first-order valence-corrected chi connectivity index (χ1v) is 13.3. The minimum Gasteiger partial charge on any atom is -0.490 e. The van der Waals surface area contributed by atoms with Gasteiger partial charge in [0.15, 0.2) is 28.5 Å². The summed E-state index contributed by atoms with van der Waals surface area (Å²) in [6.45, 7) is 8.95. The largest absolute Gasteiger partial charge is 0.490 e. The summed E-state index contributed by atoms with van der Waals surface area (Å²) >= 11 is 0. The number of ether oxygens (including phenoxy) is 2. The second kappa shape index (κ2) is 11.6. The molecule has 1 amide bonds. The molecule has 0 saturated heterocycles. The molecule has 12 heteroatoms. The van der Waals surface area contributed by atoms with Crippen molar-refractivity contribution in [1.29, 1.82) is 0 Å². The number of nitrogens with zero attached hydrogens (tertiary/aromatic N) is 5. The summed E-state index contributed by atoms with van der Waals surface area (Å²) in [6, 6.07) is 13.1. The molecule has 0 radical (unpaired) electrons. The molecule has 0 bridgehead atoms. The average Bonchev–Trinajstić information content (AvgIpc) is 3.57. The van der Waals surface area contributed by atoms with Crippen LogP contribution in [0.3, 0.4) is 0 Å². The predicted octanol–water partition coefficient (Wildman–Crippen LogP) is 6.33. The van der Waals surface area contributed by atoms with E-state index in [2.05, 4.69) is 20.5 Å². The summed E-state index contributed by atoms with van der Waals surface area (Å²) in [5.74, 6) is 0.575. The first kappa shape index (κ1) is 28.7. The van der Waals surface area contributed by atoms with Crippen molar-refractivity contribution in [3.05, 3.63) is 89.0 Å². The van der Waals surface area contributed by atoms with E-state index < -0.39 is 17.8 Å². The Morgan fingerprint density at radius 2 is 1.71 bits per heavy atom. The number of hydrogen-bond acceptors (Lipinski definition) is 6. The van der Waals surface area contributed by atoms with Crippen molar-refractivity contribution in [1.82, 2.24) is 24.4 Å². The molecule has 0 aliphatic rings. The summed E-state index contributed by atoms with van der Waals surface area (Å²) in [5, 5.41) is 10.9. The molecule has 2 aromatic carbocycles. The van der Waals surface area contributed by atoms with Gasteiger partial charge in [0.05, 0.1) is 37.3 Å². The summed E-state index contributed by atoms with van der Waals surface area (Å²) in [5.41, 5.74) is 2.51. The zero-order chi connectivity index (χ0) is 30.0. The van der Waals surface area contributed by atoms with E-state index in [1.54, 1.807) is 23.0 Å². The topological polar surface area (TPSA) is 95.6 Å². The standard InChI is InChI=1S/C30H29F3N6O3/c1-5-41-25-10-8-20(12-26(25)42-6-2)16-38-17-22(15-34-38)35-29(40)24-14-28-36-23(21-9-7-18(3)19(4)11-21)13-27(30(31,32)33)39(28)37-24/h7-15,17H,5-6,16H2,1-4H3,(H,35,40). The van der Waals surface area contributed by atoms with Crippen LogP contribution in [0.2, 0.25) is 0 Å². The van der Waals surface area contributed by atoms with Crippen LogP contribution in [0.4, 0.5) is 18.9 Å². The molecule has 0 aliphatic carbocycles. The van der Waals surface area contributed by atoms with E-state index in [0.29, 0.717) is 47.0 Å². The highest BCUT2D eigenvalue weighted by atomic mass is 19.4. The SMILES string of the molecule is CCOc1ccc(Cn2cc(NC(=O)c3cc4nc(-c5ccc(C)c(C)c5)cc(C(F)(F)F)n4n3)cn2)cc1OCC.